The molecule has 2 aromatic carbocycles. The van der Waals surface area contributed by atoms with E-state index in [1.165, 1.54) is 11.1 Å². The van der Waals surface area contributed by atoms with Gasteiger partial charge in [-0.15, -0.1) is 0 Å². The summed E-state index contributed by atoms with van der Waals surface area (Å²) < 4.78 is 5.49. The predicted molar refractivity (Wildman–Crippen MR) is 133 cm³/mol. The van der Waals surface area contributed by atoms with Gasteiger partial charge in [-0.05, 0) is 50.4 Å². The molecule has 1 fully saturated rings. The van der Waals surface area contributed by atoms with Crippen LogP contribution in [0.3, 0.4) is 0 Å². The number of thioether (sulfide) groups is 1. The third kappa shape index (κ3) is 6.68. The topological polar surface area (TPSA) is 71.3 Å². The Hall–Kier alpha value is -2.64. The zero-order chi connectivity index (χ0) is 23.0. The molecule has 1 aliphatic rings. The Morgan fingerprint density at radius 3 is 2.94 bits per heavy atom. The lowest BCUT2D eigenvalue weighted by Crippen LogP contribution is -2.43. The normalized spacial score (nSPS) is 16.6. The highest BCUT2D eigenvalue weighted by Crippen LogP contribution is 2.21. The molecule has 33 heavy (non-hydrogen) atoms. The van der Waals surface area contributed by atoms with E-state index < -0.39 is 0 Å². The van der Waals surface area contributed by atoms with Crippen LogP contribution in [0.5, 0.6) is 0 Å². The number of piperidine rings is 1. The highest BCUT2D eigenvalue weighted by Gasteiger charge is 2.26. The Bertz CT molecular complexity index is 1070. The van der Waals surface area contributed by atoms with Crippen LogP contribution in [0, 0.1) is 19.8 Å². The summed E-state index contributed by atoms with van der Waals surface area (Å²) >= 11 is 1.86. The Morgan fingerprint density at radius 1 is 1.21 bits per heavy atom. The van der Waals surface area contributed by atoms with Crippen LogP contribution < -0.4 is 5.32 Å². The lowest BCUT2D eigenvalue weighted by Gasteiger charge is -2.30. The number of carbonyl (C=O) groups is 1. The first-order valence-corrected chi connectivity index (χ1v) is 12.8. The van der Waals surface area contributed by atoms with Crippen LogP contribution in [0.1, 0.15) is 35.4 Å². The van der Waals surface area contributed by atoms with Gasteiger partial charge in [0.2, 0.25) is 17.6 Å². The van der Waals surface area contributed by atoms with Crippen LogP contribution in [0.25, 0.3) is 11.4 Å². The van der Waals surface area contributed by atoms with E-state index in [1.54, 1.807) is 0 Å². The number of likely N-dealkylation sites (tertiary alicyclic amines) is 1. The lowest BCUT2D eigenvalue weighted by molar-refractivity contribution is -0.126. The molecule has 0 aliphatic carbocycles. The molecule has 1 amide bonds. The van der Waals surface area contributed by atoms with Gasteiger partial charge in [-0.2, -0.15) is 16.7 Å². The Kier molecular flexibility index (Phi) is 8.18. The minimum atomic E-state index is 0.0132. The number of benzene rings is 2. The standard InChI is InChI=1S/C26H32N4O2S/c1-19-7-5-10-21(15-19)25-28-24(32-29-25)17-30-13-6-11-22(16-30)26(31)27-12-14-33-18-23-9-4-3-8-20(23)2/h3-5,7-10,15,22H,6,11-14,16-18H2,1-2H3,(H,27,31). The van der Waals surface area contributed by atoms with Crippen molar-refractivity contribution in [3.05, 3.63) is 71.1 Å². The van der Waals surface area contributed by atoms with Crippen LogP contribution in [0.15, 0.2) is 53.1 Å². The fraction of sp³-hybridized carbons (Fsp3) is 0.423. The number of aromatic nitrogens is 2. The molecule has 4 rings (SSSR count). The van der Waals surface area contributed by atoms with Crippen molar-refractivity contribution in [2.24, 2.45) is 5.92 Å². The predicted octanol–water partition coefficient (Wildman–Crippen LogP) is 4.62. The molecule has 174 valence electrons. The summed E-state index contributed by atoms with van der Waals surface area (Å²) in [5, 5.41) is 7.27. The van der Waals surface area contributed by atoms with Crippen molar-refractivity contribution < 1.29 is 9.32 Å². The quantitative estimate of drug-likeness (QED) is 0.466. The molecular weight excluding hydrogens is 432 g/mol. The average Bonchev–Trinajstić information content (AvgIpc) is 3.28. The number of hydrogen-bond donors (Lipinski definition) is 1. The van der Waals surface area contributed by atoms with Gasteiger partial charge in [0, 0.05) is 30.2 Å². The smallest absolute Gasteiger partial charge is 0.241 e. The summed E-state index contributed by atoms with van der Waals surface area (Å²) in [5.74, 6) is 3.28. The van der Waals surface area contributed by atoms with Gasteiger partial charge in [-0.1, -0.05) is 53.2 Å². The first kappa shape index (κ1) is 23.5. The summed E-state index contributed by atoms with van der Waals surface area (Å²) in [7, 11) is 0. The maximum atomic E-state index is 12.7. The van der Waals surface area contributed by atoms with Gasteiger partial charge in [0.1, 0.15) is 0 Å². The minimum Gasteiger partial charge on any atom is -0.355 e. The van der Waals surface area contributed by atoms with Gasteiger partial charge >= 0.3 is 0 Å². The number of nitrogens with zero attached hydrogens (tertiary/aromatic N) is 3. The largest absolute Gasteiger partial charge is 0.355 e. The van der Waals surface area contributed by atoms with Crippen molar-refractivity contribution in [1.29, 1.82) is 0 Å². The van der Waals surface area contributed by atoms with E-state index in [1.807, 2.05) is 36.9 Å². The molecule has 1 atom stereocenters. The number of amides is 1. The summed E-state index contributed by atoms with van der Waals surface area (Å²) in [6, 6.07) is 16.5. The van der Waals surface area contributed by atoms with Gasteiger partial charge in [0.15, 0.2) is 0 Å². The van der Waals surface area contributed by atoms with E-state index in [9.17, 15) is 4.79 Å². The first-order chi connectivity index (χ1) is 16.1. The molecule has 2 heterocycles. The molecule has 6 nitrogen and oxygen atoms in total. The number of nitrogens with one attached hydrogen (secondary N) is 1. The molecule has 3 aromatic rings. The molecule has 7 heteroatoms. The van der Waals surface area contributed by atoms with E-state index in [4.69, 9.17) is 4.52 Å². The van der Waals surface area contributed by atoms with Crippen molar-refractivity contribution >= 4 is 17.7 Å². The first-order valence-electron chi connectivity index (χ1n) is 11.6. The van der Waals surface area contributed by atoms with Crippen molar-refractivity contribution in [2.45, 2.75) is 39.0 Å². The highest BCUT2D eigenvalue weighted by atomic mass is 32.2. The van der Waals surface area contributed by atoms with Gasteiger partial charge in [-0.25, -0.2) is 0 Å². The maximum absolute atomic E-state index is 12.7. The molecule has 1 unspecified atom stereocenters. The second-order valence-electron chi connectivity index (χ2n) is 8.73. The molecule has 0 spiro atoms. The van der Waals surface area contributed by atoms with Crippen molar-refractivity contribution in [2.75, 3.05) is 25.4 Å². The van der Waals surface area contributed by atoms with Gasteiger partial charge < -0.3 is 9.84 Å². The van der Waals surface area contributed by atoms with Crippen LogP contribution in [0.2, 0.25) is 0 Å². The Morgan fingerprint density at radius 2 is 2.09 bits per heavy atom. The fourth-order valence-corrected chi connectivity index (χ4v) is 5.10. The van der Waals surface area contributed by atoms with Crippen molar-refractivity contribution in [3.63, 3.8) is 0 Å². The van der Waals surface area contributed by atoms with E-state index in [2.05, 4.69) is 57.6 Å². The SMILES string of the molecule is Cc1cccc(-c2noc(CN3CCCC(C(=O)NCCSCc4ccccc4C)C3)n2)c1. The van der Waals surface area contributed by atoms with E-state index in [0.717, 1.165) is 48.6 Å². The zero-order valence-electron chi connectivity index (χ0n) is 19.4. The molecule has 1 aromatic heterocycles. The van der Waals surface area contributed by atoms with Crippen molar-refractivity contribution in [1.82, 2.24) is 20.4 Å². The third-order valence-electron chi connectivity index (χ3n) is 6.04. The number of hydrogen-bond acceptors (Lipinski definition) is 6. The fourth-order valence-electron chi connectivity index (χ4n) is 4.17. The monoisotopic (exact) mass is 464 g/mol. The maximum Gasteiger partial charge on any atom is 0.241 e. The minimum absolute atomic E-state index is 0.0132. The number of carbonyl (C=O) groups excluding carboxylic acids is 1. The molecular formula is C26H32N4O2S. The van der Waals surface area contributed by atoms with Crippen molar-refractivity contribution in [3.8, 4) is 11.4 Å². The van der Waals surface area contributed by atoms with E-state index in [-0.39, 0.29) is 11.8 Å². The Balaban J connectivity index is 1.20. The number of rotatable bonds is 9. The third-order valence-corrected chi connectivity index (χ3v) is 7.05. The molecule has 1 saturated heterocycles. The van der Waals surface area contributed by atoms with Crippen LogP contribution >= 0.6 is 11.8 Å². The average molecular weight is 465 g/mol. The Labute approximate surface area is 200 Å². The molecule has 1 N–H and O–H groups in total. The van der Waals surface area contributed by atoms with E-state index in [0.29, 0.717) is 24.8 Å². The molecule has 0 saturated carbocycles. The highest BCUT2D eigenvalue weighted by molar-refractivity contribution is 7.98. The van der Waals surface area contributed by atoms with Gasteiger partial charge in [0.05, 0.1) is 12.5 Å². The summed E-state index contributed by atoms with van der Waals surface area (Å²) in [6.07, 6.45) is 1.93. The lowest BCUT2D eigenvalue weighted by atomic mass is 9.97. The van der Waals surface area contributed by atoms with Crippen LogP contribution in [-0.4, -0.2) is 46.3 Å². The van der Waals surface area contributed by atoms with E-state index >= 15 is 0 Å². The van der Waals surface area contributed by atoms with Gasteiger partial charge in [-0.3, -0.25) is 9.69 Å². The summed E-state index contributed by atoms with van der Waals surface area (Å²) in [5.41, 5.74) is 4.81. The molecule has 1 aliphatic heterocycles. The zero-order valence-corrected chi connectivity index (χ0v) is 20.2. The van der Waals surface area contributed by atoms with Gasteiger partial charge in [0.25, 0.3) is 0 Å². The number of aryl methyl sites for hydroxylation is 2. The second-order valence-corrected chi connectivity index (χ2v) is 9.83. The second kappa shape index (κ2) is 11.5. The molecule has 0 radical (unpaired) electrons. The summed E-state index contributed by atoms with van der Waals surface area (Å²) in [4.78, 5) is 19.5. The molecule has 0 bridgehead atoms. The van der Waals surface area contributed by atoms with Crippen LogP contribution in [0.4, 0.5) is 0 Å². The summed E-state index contributed by atoms with van der Waals surface area (Å²) in [6.45, 7) is 7.14. The van der Waals surface area contributed by atoms with Crippen LogP contribution in [-0.2, 0) is 17.1 Å².